The maximum atomic E-state index is 13.3. The molecule has 5 nitrogen and oxygen atoms in total. The molecule has 0 unspecified atom stereocenters. The van der Waals surface area contributed by atoms with E-state index in [1.165, 1.54) is 30.3 Å². The van der Waals surface area contributed by atoms with Crippen LogP contribution in [0.25, 0.3) is 0 Å². The van der Waals surface area contributed by atoms with Crippen LogP contribution in [0.15, 0.2) is 40.9 Å². The summed E-state index contributed by atoms with van der Waals surface area (Å²) in [5.74, 6) is 0.207. The van der Waals surface area contributed by atoms with Crippen molar-refractivity contribution < 1.29 is 14.1 Å². The quantitative estimate of drug-likeness (QED) is 0.655. The molecule has 0 amide bonds. The van der Waals surface area contributed by atoms with Crippen molar-refractivity contribution in [2.24, 2.45) is 5.73 Å². The first-order valence-electron chi connectivity index (χ1n) is 6.04. The molecule has 0 spiro atoms. The van der Waals surface area contributed by atoms with Crippen LogP contribution < -0.4 is 10.5 Å². The molecule has 0 saturated carbocycles. The van der Waals surface area contributed by atoms with Gasteiger partial charge < -0.3 is 10.5 Å². The highest BCUT2D eigenvalue weighted by molar-refractivity contribution is 9.10. The SMILES string of the molecule is C[C@@H](N)c1cc(F)ccc1Oc1cc(Br)cc([N+](=O)[O-])c1. The van der Waals surface area contributed by atoms with Crippen LogP contribution in [0.3, 0.4) is 0 Å². The minimum atomic E-state index is -0.519. The van der Waals surface area contributed by atoms with E-state index in [1.54, 1.807) is 13.0 Å². The van der Waals surface area contributed by atoms with Gasteiger partial charge in [-0.15, -0.1) is 0 Å². The molecule has 7 heteroatoms. The number of halogens is 2. The van der Waals surface area contributed by atoms with Crippen LogP contribution in [-0.2, 0) is 0 Å². The molecule has 1 atom stereocenters. The third-order valence-corrected chi connectivity index (χ3v) is 3.21. The predicted molar refractivity (Wildman–Crippen MR) is 79.9 cm³/mol. The lowest BCUT2D eigenvalue weighted by Crippen LogP contribution is -2.07. The molecule has 2 aromatic carbocycles. The third kappa shape index (κ3) is 3.77. The molecule has 0 saturated heterocycles. The second-order valence-electron chi connectivity index (χ2n) is 4.48. The zero-order valence-corrected chi connectivity index (χ0v) is 12.6. The van der Waals surface area contributed by atoms with Crippen molar-refractivity contribution >= 4 is 21.6 Å². The van der Waals surface area contributed by atoms with Crippen LogP contribution in [0.5, 0.6) is 11.5 Å². The Labute approximate surface area is 128 Å². The lowest BCUT2D eigenvalue weighted by atomic mass is 10.1. The molecule has 0 aliphatic carbocycles. The van der Waals surface area contributed by atoms with E-state index in [0.29, 0.717) is 15.8 Å². The number of nitro benzene ring substituents is 1. The molecule has 2 rings (SSSR count). The number of rotatable bonds is 4. The Balaban J connectivity index is 2.40. The number of nitrogens with two attached hydrogens (primary N) is 1. The van der Waals surface area contributed by atoms with Gasteiger partial charge in [-0.05, 0) is 31.2 Å². The zero-order chi connectivity index (χ0) is 15.6. The number of non-ortho nitro benzene ring substituents is 1. The van der Waals surface area contributed by atoms with Crippen LogP contribution in [0.1, 0.15) is 18.5 Å². The smallest absolute Gasteiger partial charge is 0.274 e. The second-order valence-corrected chi connectivity index (χ2v) is 5.39. The maximum Gasteiger partial charge on any atom is 0.274 e. The molecule has 0 fully saturated rings. The van der Waals surface area contributed by atoms with Gasteiger partial charge in [-0.1, -0.05) is 15.9 Å². The Morgan fingerprint density at radius 1 is 1.33 bits per heavy atom. The van der Waals surface area contributed by atoms with Crippen molar-refractivity contribution in [3.8, 4) is 11.5 Å². The predicted octanol–water partition coefficient (Wildman–Crippen LogP) is 4.31. The Morgan fingerprint density at radius 3 is 2.67 bits per heavy atom. The fourth-order valence-corrected chi connectivity index (χ4v) is 2.27. The minimum Gasteiger partial charge on any atom is -0.457 e. The van der Waals surface area contributed by atoms with Gasteiger partial charge in [0.15, 0.2) is 0 Å². The molecule has 0 heterocycles. The summed E-state index contributed by atoms with van der Waals surface area (Å²) < 4.78 is 19.4. The highest BCUT2D eigenvalue weighted by Crippen LogP contribution is 2.33. The van der Waals surface area contributed by atoms with E-state index >= 15 is 0 Å². The van der Waals surface area contributed by atoms with Gasteiger partial charge in [-0.2, -0.15) is 0 Å². The summed E-state index contributed by atoms with van der Waals surface area (Å²) in [6.45, 7) is 1.70. The Kier molecular flexibility index (Phi) is 4.54. The average molecular weight is 355 g/mol. The summed E-state index contributed by atoms with van der Waals surface area (Å²) in [6, 6.07) is 7.78. The summed E-state index contributed by atoms with van der Waals surface area (Å²) in [6.07, 6.45) is 0. The van der Waals surface area contributed by atoms with Gasteiger partial charge in [0, 0.05) is 22.1 Å². The largest absolute Gasteiger partial charge is 0.457 e. The lowest BCUT2D eigenvalue weighted by Gasteiger charge is -2.14. The molecule has 2 aromatic rings. The van der Waals surface area contributed by atoms with Crippen molar-refractivity contribution in [3.05, 3.63) is 62.4 Å². The van der Waals surface area contributed by atoms with Gasteiger partial charge >= 0.3 is 0 Å². The van der Waals surface area contributed by atoms with E-state index in [4.69, 9.17) is 10.5 Å². The molecular weight excluding hydrogens is 343 g/mol. The molecule has 21 heavy (non-hydrogen) atoms. The minimum absolute atomic E-state index is 0.108. The average Bonchev–Trinajstić information content (AvgIpc) is 2.40. The van der Waals surface area contributed by atoms with E-state index in [2.05, 4.69) is 15.9 Å². The fourth-order valence-electron chi connectivity index (χ4n) is 1.81. The highest BCUT2D eigenvalue weighted by atomic mass is 79.9. The van der Waals surface area contributed by atoms with E-state index in [-0.39, 0.29) is 11.4 Å². The summed E-state index contributed by atoms with van der Waals surface area (Å²) in [4.78, 5) is 10.3. The summed E-state index contributed by atoms with van der Waals surface area (Å²) in [7, 11) is 0. The van der Waals surface area contributed by atoms with Gasteiger partial charge in [-0.25, -0.2) is 4.39 Å². The number of benzene rings is 2. The first-order chi connectivity index (χ1) is 9.86. The number of ether oxygens (including phenoxy) is 1. The van der Waals surface area contributed by atoms with Gasteiger partial charge in [0.25, 0.3) is 5.69 Å². The van der Waals surface area contributed by atoms with Crippen molar-refractivity contribution in [2.45, 2.75) is 13.0 Å². The number of nitro groups is 1. The lowest BCUT2D eigenvalue weighted by molar-refractivity contribution is -0.385. The Bertz CT molecular complexity index is 692. The molecule has 0 aliphatic heterocycles. The standard InChI is InChI=1S/C14H12BrFN2O3/c1-8(17)13-6-10(16)2-3-14(13)21-12-5-9(15)4-11(7-12)18(19)20/h2-8H,17H2,1H3/t8-/m1/s1. The molecule has 0 radical (unpaired) electrons. The van der Waals surface area contributed by atoms with Crippen molar-refractivity contribution in [1.82, 2.24) is 0 Å². The number of hydrogen-bond donors (Lipinski definition) is 1. The molecule has 0 aromatic heterocycles. The monoisotopic (exact) mass is 354 g/mol. The van der Waals surface area contributed by atoms with Gasteiger partial charge in [0.05, 0.1) is 11.0 Å². The second kappa shape index (κ2) is 6.19. The third-order valence-electron chi connectivity index (χ3n) is 2.76. The highest BCUT2D eigenvalue weighted by Gasteiger charge is 2.14. The first kappa shape index (κ1) is 15.4. The molecule has 110 valence electrons. The number of hydrogen-bond acceptors (Lipinski definition) is 4. The van der Waals surface area contributed by atoms with Crippen LogP contribution >= 0.6 is 15.9 Å². The van der Waals surface area contributed by atoms with Crippen molar-refractivity contribution in [1.29, 1.82) is 0 Å². The molecule has 0 bridgehead atoms. The van der Waals surface area contributed by atoms with Crippen molar-refractivity contribution in [3.63, 3.8) is 0 Å². The normalized spacial score (nSPS) is 12.0. The molecular formula is C14H12BrFN2O3. The van der Waals surface area contributed by atoms with E-state index in [0.717, 1.165) is 0 Å². The topological polar surface area (TPSA) is 78.4 Å². The summed E-state index contributed by atoms with van der Waals surface area (Å²) in [5, 5.41) is 10.8. The van der Waals surface area contributed by atoms with E-state index in [9.17, 15) is 14.5 Å². The van der Waals surface area contributed by atoms with Crippen LogP contribution in [0.4, 0.5) is 10.1 Å². The first-order valence-corrected chi connectivity index (χ1v) is 6.84. The van der Waals surface area contributed by atoms with E-state index in [1.807, 2.05) is 0 Å². The van der Waals surface area contributed by atoms with Crippen LogP contribution in [0.2, 0.25) is 0 Å². The maximum absolute atomic E-state index is 13.3. The summed E-state index contributed by atoms with van der Waals surface area (Å²) >= 11 is 3.18. The van der Waals surface area contributed by atoms with Crippen LogP contribution in [-0.4, -0.2) is 4.92 Å². The fraction of sp³-hybridized carbons (Fsp3) is 0.143. The van der Waals surface area contributed by atoms with Gasteiger partial charge in [0.2, 0.25) is 0 Å². The van der Waals surface area contributed by atoms with E-state index < -0.39 is 16.8 Å². The van der Waals surface area contributed by atoms with Gasteiger partial charge in [0.1, 0.15) is 17.3 Å². The van der Waals surface area contributed by atoms with Gasteiger partial charge in [-0.3, -0.25) is 10.1 Å². The van der Waals surface area contributed by atoms with Crippen LogP contribution in [0, 0.1) is 15.9 Å². The number of nitrogens with zero attached hydrogens (tertiary/aromatic N) is 1. The summed E-state index contributed by atoms with van der Waals surface area (Å²) in [5.41, 5.74) is 6.16. The van der Waals surface area contributed by atoms with Crippen molar-refractivity contribution in [2.75, 3.05) is 0 Å². The molecule has 0 aliphatic rings. The molecule has 2 N–H and O–H groups in total. The zero-order valence-electron chi connectivity index (χ0n) is 11.0. The Morgan fingerprint density at radius 2 is 2.05 bits per heavy atom. The Hall–Kier alpha value is -1.99.